The molecule has 4 aliphatic rings. The highest BCUT2D eigenvalue weighted by atomic mass is 35.5. The highest BCUT2D eigenvalue weighted by Crippen LogP contribution is 2.44. The van der Waals surface area contributed by atoms with E-state index in [-0.39, 0.29) is 22.6 Å². The fraction of sp³-hybridized carbons (Fsp3) is 0.690. The minimum absolute atomic E-state index is 0.114. The van der Waals surface area contributed by atoms with Crippen molar-refractivity contribution in [3.8, 4) is 0 Å². The molecule has 3 aliphatic heterocycles. The average Bonchev–Trinajstić information content (AvgIpc) is 3.31. The van der Waals surface area contributed by atoms with Gasteiger partial charge in [0.15, 0.2) is 5.82 Å². The number of alkyl halides is 1. The van der Waals surface area contributed by atoms with Gasteiger partial charge in [0.05, 0.1) is 28.5 Å². The number of carbonyl (C=O) groups is 1. The van der Waals surface area contributed by atoms with Crippen molar-refractivity contribution in [1.82, 2.24) is 24.6 Å². The number of nitrogen functional groups attached to an aromatic ring is 1. The topological polar surface area (TPSA) is 108 Å². The SMILES string of the molecule is CN1CCN2CCN(c3ccncc3NC(=O)c3c(N)nn4c3NCC(Cl)C43CCCCCCCCC3)CC2C1. The Kier molecular flexibility index (Phi) is 8.10. The van der Waals surface area contributed by atoms with E-state index in [4.69, 9.17) is 22.4 Å². The van der Waals surface area contributed by atoms with Crippen LogP contribution in [0.4, 0.5) is 23.0 Å². The molecule has 1 spiro atoms. The van der Waals surface area contributed by atoms with Gasteiger partial charge in [-0.2, -0.15) is 5.10 Å². The van der Waals surface area contributed by atoms with Crippen LogP contribution in [0.15, 0.2) is 18.5 Å². The number of piperazine rings is 2. The van der Waals surface area contributed by atoms with Crippen LogP contribution in [0.1, 0.15) is 68.1 Å². The second-order valence-corrected chi connectivity index (χ2v) is 12.7. The molecule has 6 rings (SSSR count). The second kappa shape index (κ2) is 11.7. The maximum atomic E-state index is 13.9. The van der Waals surface area contributed by atoms with E-state index in [1.165, 1.54) is 32.1 Å². The minimum Gasteiger partial charge on any atom is -0.381 e. The summed E-state index contributed by atoms with van der Waals surface area (Å²) in [6, 6.07) is 2.48. The summed E-state index contributed by atoms with van der Waals surface area (Å²) < 4.78 is 1.98. The van der Waals surface area contributed by atoms with Gasteiger partial charge in [0, 0.05) is 58.1 Å². The number of nitrogens with zero attached hydrogens (tertiary/aromatic N) is 6. The summed E-state index contributed by atoms with van der Waals surface area (Å²) in [5.74, 6) is 0.666. The standard InChI is InChI=1S/C29H44ClN9O/c1-36-13-14-37-15-16-38(20-21(37)19-36)23-9-12-32-17-22(23)34-28(40)25-26(31)35-39-27(25)33-18-24(30)29(39)10-7-5-3-2-4-6-8-11-29/h9,12,17,21,24,33H,2-8,10-11,13-16,18-20H2,1H3,(H2,31,35)(H,34,40). The molecule has 2 atom stereocenters. The van der Waals surface area contributed by atoms with Crippen LogP contribution >= 0.6 is 11.6 Å². The van der Waals surface area contributed by atoms with E-state index in [2.05, 4.69) is 37.4 Å². The Morgan fingerprint density at radius 2 is 1.80 bits per heavy atom. The first-order valence-electron chi connectivity index (χ1n) is 15.2. The zero-order valence-corrected chi connectivity index (χ0v) is 24.5. The number of aromatic nitrogens is 3. The molecule has 3 fully saturated rings. The molecule has 1 saturated carbocycles. The Morgan fingerprint density at radius 1 is 1.07 bits per heavy atom. The van der Waals surface area contributed by atoms with Crippen LogP contribution in [-0.4, -0.2) is 94.8 Å². The summed E-state index contributed by atoms with van der Waals surface area (Å²) in [6.45, 7) is 6.72. The van der Waals surface area contributed by atoms with Gasteiger partial charge in [-0.3, -0.25) is 14.7 Å². The lowest BCUT2D eigenvalue weighted by atomic mass is 9.81. The van der Waals surface area contributed by atoms with Crippen molar-refractivity contribution < 1.29 is 4.79 Å². The van der Waals surface area contributed by atoms with Crippen molar-refractivity contribution in [1.29, 1.82) is 0 Å². The highest BCUT2D eigenvalue weighted by molar-refractivity contribution is 6.22. The van der Waals surface area contributed by atoms with E-state index in [0.29, 0.717) is 29.7 Å². The quantitative estimate of drug-likeness (QED) is 0.479. The lowest BCUT2D eigenvalue weighted by molar-refractivity contribution is 0.0807. The molecule has 5 heterocycles. The zero-order chi connectivity index (χ0) is 27.7. The summed E-state index contributed by atoms with van der Waals surface area (Å²) >= 11 is 7.05. The third kappa shape index (κ3) is 5.25. The lowest BCUT2D eigenvalue weighted by Gasteiger charge is -2.47. The number of fused-ring (bicyclic) bond motifs is 3. The van der Waals surface area contributed by atoms with Crippen molar-refractivity contribution in [2.45, 2.75) is 74.7 Å². The molecule has 2 aromatic heterocycles. The normalized spacial score (nSPS) is 26.0. The molecule has 1 aliphatic carbocycles. The molecule has 0 radical (unpaired) electrons. The predicted octanol–water partition coefficient (Wildman–Crippen LogP) is 3.80. The number of hydrogen-bond donors (Lipinski definition) is 3. The molecule has 2 aromatic rings. The number of nitrogens with two attached hydrogens (primary N) is 1. The number of carbonyl (C=O) groups excluding carboxylic acids is 1. The average molecular weight is 570 g/mol. The Balaban J connectivity index is 1.25. The number of amides is 1. The smallest absolute Gasteiger partial charge is 0.263 e. The van der Waals surface area contributed by atoms with E-state index >= 15 is 0 Å². The first kappa shape index (κ1) is 27.6. The number of nitrogens with one attached hydrogen (secondary N) is 2. The van der Waals surface area contributed by atoms with Gasteiger partial charge >= 0.3 is 0 Å². The van der Waals surface area contributed by atoms with Crippen LogP contribution in [0, 0.1) is 0 Å². The van der Waals surface area contributed by atoms with Gasteiger partial charge in [-0.05, 0) is 26.0 Å². The van der Waals surface area contributed by atoms with Gasteiger partial charge in [0.25, 0.3) is 5.91 Å². The first-order valence-corrected chi connectivity index (χ1v) is 15.6. The number of likely N-dealkylation sites (N-methyl/N-ethyl adjacent to an activating group) is 1. The molecule has 40 heavy (non-hydrogen) atoms. The molecule has 4 N–H and O–H groups in total. The highest BCUT2D eigenvalue weighted by Gasteiger charge is 2.46. The maximum absolute atomic E-state index is 13.9. The maximum Gasteiger partial charge on any atom is 0.263 e. The molecule has 2 unspecified atom stereocenters. The number of halogens is 1. The van der Waals surface area contributed by atoms with Crippen molar-refractivity contribution >= 4 is 40.5 Å². The van der Waals surface area contributed by atoms with Gasteiger partial charge in [-0.25, -0.2) is 4.68 Å². The summed E-state index contributed by atoms with van der Waals surface area (Å²) in [6.07, 6.45) is 13.9. The van der Waals surface area contributed by atoms with Crippen LogP contribution in [-0.2, 0) is 5.54 Å². The van der Waals surface area contributed by atoms with E-state index in [9.17, 15) is 4.79 Å². The second-order valence-electron chi connectivity index (χ2n) is 12.2. The van der Waals surface area contributed by atoms with Gasteiger partial charge in [0.1, 0.15) is 11.4 Å². The fourth-order valence-electron chi connectivity index (χ4n) is 7.32. The molecule has 0 aromatic carbocycles. The summed E-state index contributed by atoms with van der Waals surface area (Å²) in [7, 11) is 2.19. The monoisotopic (exact) mass is 569 g/mol. The van der Waals surface area contributed by atoms with Crippen molar-refractivity contribution in [2.24, 2.45) is 0 Å². The molecular weight excluding hydrogens is 526 g/mol. The van der Waals surface area contributed by atoms with E-state index in [1.54, 1.807) is 12.4 Å². The Hall–Kier alpha value is -2.56. The van der Waals surface area contributed by atoms with E-state index in [0.717, 1.165) is 70.6 Å². The van der Waals surface area contributed by atoms with Gasteiger partial charge < -0.3 is 26.2 Å². The summed E-state index contributed by atoms with van der Waals surface area (Å²) in [5, 5.41) is 11.2. The van der Waals surface area contributed by atoms with Crippen LogP contribution < -0.4 is 21.3 Å². The summed E-state index contributed by atoms with van der Waals surface area (Å²) in [4.78, 5) is 25.6. The Bertz CT molecular complexity index is 1190. The van der Waals surface area contributed by atoms with Crippen LogP contribution in [0.3, 0.4) is 0 Å². The number of hydrogen-bond acceptors (Lipinski definition) is 8. The number of anilines is 4. The van der Waals surface area contributed by atoms with E-state index < -0.39 is 0 Å². The Morgan fingerprint density at radius 3 is 2.58 bits per heavy atom. The minimum atomic E-state index is -0.335. The fourth-order valence-corrected chi connectivity index (χ4v) is 7.71. The summed E-state index contributed by atoms with van der Waals surface area (Å²) in [5.41, 5.74) is 8.25. The molecule has 1 amide bonds. The molecule has 218 valence electrons. The van der Waals surface area contributed by atoms with Gasteiger partial charge in [-0.1, -0.05) is 44.9 Å². The van der Waals surface area contributed by atoms with Crippen molar-refractivity contribution in [3.05, 3.63) is 24.0 Å². The van der Waals surface area contributed by atoms with Crippen molar-refractivity contribution in [2.75, 3.05) is 74.1 Å². The molecule has 11 heteroatoms. The third-order valence-corrected chi connectivity index (χ3v) is 10.2. The van der Waals surface area contributed by atoms with Crippen LogP contribution in [0.5, 0.6) is 0 Å². The molecule has 0 bridgehead atoms. The molecule has 10 nitrogen and oxygen atoms in total. The molecule has 2 saturated heterocycles. The zero-order valence-electron chi connectivity index (χ0n) is 23.7. The number of rotatable bonds is 3. The molecular formula is C29H44ClN9O. The largest absolute Gasteiger partial charge is 0.381 e. The van der Waals surface area contributed by atoms with Crippen LogP contribution in [0.2, 0.25) is 0 Å². The lowest BCUT2D eigenvalue weighted by Crippen LogP contribution is -2.61. The Labute approximate surface area is 242 Å². The van der Waals surface area contributed by atoms with Gasteiger partial charge in [-0.15, -0.1) is 11.6 Å². The van der Waals surface area contributed by atoms with Crippen LogP contribution in [0.25, 0.3) is 0 Å². The van der Waals surface area contributed by atoms with E-state index in [1.807, 2.05) is 10.7 Å². The van der Waals surface area contributed by atoms with Crippen molar-refractivity contribution in [3.63, 3.8) is 0 Å². The number of pyridine rings is 1. The first-order chi connectivity index (χ1) is 19.5. The van der Waals surface area contributed by atoms with Gasteiger partial charge in [0.2, 0.25) is 0 Å². The predicted molar refractivity (Wildman–Crippen MR) is 162 cm³/mol. The third-order valence-electron chi connectivity index (χ3n) is 9.60.